The van der Waals surface area contributed by atoms with Crippen LogP contribution in [0.15, 0.2) is 27.8 Å². The molecule has 0 radical (unpaired) electrons. The number of nitrogens with one attached hydrogen (secondary N) is 2. The Morgan fingerprint density at radius 1 is 1.42 bits per heavy atom. The van der Waals surface area contributed by atoms with Crippen molar-refractivity contribution in [2.24, 2.45) is 0 Å². The Bertz CT molecular complexity index is 646. The Hall–Kier alpha value is -1.38. The molecule has 0 bridgehead atoms. The highest BCUT2D eigenvalue weighted by Gasteiger charge is 2.20. The maximum Gasteiger partial charge on any atom is 0.297 e. The fraction of sp³-hybridized carbons (Fsp3) is 0.364. The van der Waals surface area contributed by atoms with Crippen LogP contribution in [0.4, 0.5) is 5.13 Å². The summed E-state index contributed by atoms with van der Waals surface area (Å²) in [5.41, 5.74) is 0. The first-order chi connectivity index (χ1) is 9.01. The molecule has 0 unspecified atom stereocenters. The molecule has 0 aromatic carbocycles. The van der Waals surface area contributed by atoms with Crippen LogP contribution in [0, 0.1) is 6.92 Å². The van der Waals surface area contributed by atoms with Crippen LogP contribution in [0.3, 0.4) is 0 Å². The van der Waals surface area contributed by atoms with Gasteiger partial charge in [0, 0.05) is 11.1 Å². The molecule has 0 spiro atoms. The van der Waals surface area contributed by atoms with Crippen molar-refractivity contribution in [2.45, 2.75) is 25.5 Å². The molecule has 0 atom stereocenters. The van der Waals surface area contributed by atoms with Gasteiger partial charge < -0.3 is 9.73 Å². The van der Waals surface area contributed by atoms with Crippen molar-refractivity contribution in [1.29, 1.82) is 0 Å². The maximum absolute atomic E-state index is 12.0. The molecule has 6 nitrogen and oxygen atoms in total. The van der Waals surface area contributed by atoms with Crippen LogP contribution in [0.1, 0.15) is 17.6 Å². The Morgan fingerprint density at radius 2 is 2.21 bits per heavy atom. The molecule has 104 valence electrons. The number of hydrogen-bond acceptors (Lipinski definition) is 6. The van der Waals surface area contributed by atoms with Gasteiger partial charge in [0.15, 0.2) is 5.13 Å². The molecule has 8 heteroatoms. The molecule has 0 aliphatic carbocycles. The number of hydrogen-bond donors (Lipinski definition) is 2. The van der Waals surface area contributed by atoms with E-state index in [1.807, 2.05) is 13.8 Å². The number of anilines is 1. The van der Waals surface area contributed by atoms with Crippen molar-refractivity contribution >= 4 is 26.5 Å². The lowest BCUT2D eigenvalue weighted by Crippen LogP contribution is -2.12. The van der Waals surface area contributed by atoms with Crippen LogP contribution in [0.5, 0.6) is 0 Å². The smallest absolute Gasteiger partial charge is 0.297 e. The van der Waals surface area contributed by atoms with Gasteiger partial charge in [-0.1, -0.05) is 6.92 Å². The Kier molecular flexibility index (Phi) is 4.23. The van der Waals surface area contributed by atoms with Crippen molar-refractivity contribution in [2.75, 3.05) is 11.3 Å². The molecule has 0 aliphatic heterocycles. The second kappa shape index (κ2) is 5.72. The Labute approximate surface area is 115 Å². The van der Waals surface area contributed by atoms with Gasteiger partial charge in [0.05, 0.1) is 6.54 Å². The van der Waals surface area contributed by atoms with E-state index in [2.05, 4.69) is 15.0 Å². The maximum atomic E-state index is 12.0. The summed E-state index contributed by atoms with van der Waals surface area (Å²) >= 11 is 1.27. The third-order valence-corrected chi connectivity index (χ3v) is 4.46. The van der Waals surface area contributed by atoms with Gasteiger partial charge >= 0.3 is 0 Å². The lowest BCUT2D eigenvalue weighted by atomic mass is 10.4. The SMILES string of the molecule is CCNCc1ccc(S(=O)(=O)Nc2ncc(C)s2)o1. The van der Waals surface area contributed by atoms with Crippen LogP contribution in [0.25, 0.3) is 0 Å². The molecule has 0 fully saturated rings. The standard InChI is InChI=1S/C11H15N3O3S2/c1-3-12-7-9-4-5-10(17-9)19(15,16)14-11-13-6-8(2)18-11/h4-6,12H,3,7H2,1-2H3,(H,13,14). The first-order valence-electron chi connectivity index (χ1n) is 5.76. The molecule has 2 heterocycles. The number of nitrogens with zero attached hydrogens (tertiary/aromatic N) is 1. The summed E-state index contributed by atoms with van der Waals surface area (Å²) in [7, 11) is -3.70. The van der Waals surface area contributed by atoms with Crippen LogP contribution in [0.2, 0.25) is 0 Å². The summed E-state index contributed by atoms with van der Waals surface area (Å²) in [6.45, 7) is 5.12. The predicted octanol–water partition coefficient (Wildman–Crippen LogP) is 1.95. The quantitative estimate of drug-likeness (QED) is 0.852. The summed E-state index contributed by atoms with van der Waals surface area (Å²) in [6.07, 6.45) is 1.61. The van der Waals surface area contributed by atoms with Crippen LogP contribution < -0.4 is 10.0 Å². The van der Waals surface area contributed by atoms with E-state index in [9.17, 15) is 8.42 Å². The third kappa shape index (κ3) is 3.55. The molecule has 2 aromatic rings. The molecule has 2 rings (SSSR count). The number of sulfonamides is 1. The van der Waals surface area contributed by atoms with Gasteiger partial charge in [0.1, 0.15) is 5.76 Å². The second-order valence-electron chi connectivity index (χ2n) is 3.88. The van der Waals surface area contributed by atoms with Crippen molar-refractivity contribution < 1.29 is 12.8 Å². The van der Waals surface area contributed by atoms with Crippen molar-refractivity contribution in [3.63, 3.8) is 0 Å². The molecule has 0 saturated heterocycles. The van der Waals surface area contributed by atoms with Crippen LogP contribution in [-0.2, 0) is 16.6 Å². The minimum atomic E-state index is -3.70. The van der Waals surface area contributed by atoms with E-state index in [0.717, 1.165) is 11.4 Å². The first-order valence-corrected chi connectivity index (χ1v) is 8.06. The highest BCUT2D eigenvalue weighted by molar-refractivity contribution is 7.92. The van der Waals surface area contributed by atoms with Gasteiger partial charge in [-0.3, -0.25) is 4.72 Å². The van der Waals surface area contributed by atoms with E-state index in [-0.39, 0.29) is 5.09 Å². The van der Waals surface area contributed by atoms with Gasteiger partial charge in [-0.25, -0.2) is 4.98 Å². The fourth-order valence-corrected chi connectivity index (χ4v) is 3.27. The minimum absolute atomic E-state index is 0.103. The number of rotatable bonds is 6. The highest BCUT2D eigenvalue weighted by atomic mass is 32.2. The van der Waals surface area contributed by atoms with Gasteiger partial charge in [0.25, 0.3) is 10.0 Å². The zero-order chi connectivity index (χ0) is 13.9. The Morgan fingerprint density at radius 3 is 2.84 bits per heavy atom. The topological polar surface area (TPSA) is 84.2 Å². The molecule has 0 saturated carbocycles. The van der Waals surface area contributed by atoms with Gasteiger partial charge in [-0.15, -0.1) is 11.3 Å². The van der Waals surface area contributed by atoms with Crippen molar-refractivity contribution in [3.8, 4) is 0 Å². The predicted molar refractivity (Wildman–Crippen MR) is 73.7 cm³/mol. The van der Waals surface area contributed by atoms with Crippen LogP contribution in [-0.4, -0.2) is 19.9 Å². The monoisotopic (exact) mass is 301 g/mol. The molecular weight excluding hydrogens is 286 g/mol. The van der Waals surface area contributed by atoms with E-state index < -0.39 is 10.0 Å². The fourth-order valence-electron chi connectivity index (χ4n) is 1.41. The number of aromatic nitrogens is 1. The largest absolute Gasteiger partial charge is 0.446 e. The number of furan rings is 1. The molecule has 0 amide bonds. The normalized spacial score (nSPS) is 11.7. The van der Waals surface area contributed by atoms with E-state index in [1.165, 1.54) is 17.4 Å². The van der Waals surface area contributed by atoms with E-state index in [4.69, 9.17) is 4.42 Å². The first kappa shape index (κ1) is 14.0. The minimum Gasteiger partial charge on any atom is -0.446 e. The average Bonchev–Trinajstić information content (AvgIpc) is 2.95. The highest BCUT2D eigenvalue weighted by Crippen LogP contribution is 2.22. The lowest BCUT2D eigenvalue weighted by molar-refractivity contribution is 0.405. The van der Waals surface area contributed by atoms with Gasteiger partial charge in [-0.2, -0.15) is 8.42 Å². The summed E-state index contributed by atoms with van der Waals surface area (Å²) in [4.78, 5) is 4.89. The molecule has 0 aliphatic rings. The summed E-state index contributed by atoms with van der Waals surface area (Å²) in [5, 5.41) is 3.29. The molecular formula is C11H15N3O3S2. The number of aryl methyl sites for hydroxylation is 1. The summed E-state index contributed by atoms with van der Waals surface area (Å²) < 4.78 is 31.8. The Balaban J connectivity index is 2.13. The van der Waals surface area contributed by atoms with E-state index in [0.29, 0.717) is 17.4 Å². The third-order valence-electron chi connectivity index (χ3n) is 2.29. The van der Waals surface area contributed by atoms with E-state index in [1.54, 1.807) is 12.3 Å². The molecule has 19 heavy (non-hydrogen) atoms. The zero-order valence-electron chi connectivity index (χ0n) is 10.6. The van der Waals surface area contributed by atoms with E-state index >= 15 is 0 Å². The zero-order valence-corrected chi connectivity index (χ0v) is 12.3. The molecule has 2 aromatic heterocycles. The van der Waals surface area contributed by atoms with Gasteiger partial charge in [-0.05, 0) is 25.6 Å². The average molecular weight is 301 g/mol. The van der Waals surface area contributed by atoms with Gasteiger partial charge in [0.2, 0.25) is 5.09 Å². The van der Waals surface area contributed by atoms with Crippen molar-refractivity contribution in [1.82, 2.24) is 10.3 Å². The summed E-state index contributed by atoms with van der Waals surface area (Å²) in [6, 6.07) is 3.08. The lowest BCUT2D eigenvalue weighted by Gasteiger charge is -2.01. The van der Waals surface area contributed by atoms with Crippen molar-refractivity contribution in [3.05, 3.63) is 29.0 Å². The molecule has 2 N–H and O–H groups in total. The number of thiazole rings is 1. The second-order valence-corrected chi connectivity index (χ2v) is 6.73. The summed E-state index contributed by atoms with van der Waals surface area (Å²) in [5.74, 6) is 0.581. The van der Waals surface area contributed by atoms with Crippen LogP contribution >= 0.6 is 11.3 Å².